The van der Waals surface area contributed by atoms with Gasteiger partial charge in [-0.2, -0.15) is 5.26 Å². The minimum atomic E-state index is -0.697. The quantitative estimate of drug-likeness (QED) is 0.796. The molecule has 102 valence electrons. The monoisotopic (exact) mass is 261 g/mol. The first-order valence-corrected chi connectivity index (χ1v) is 6.16. The van der Waals surface area contributed by atoms with Gasteiger partial charge < -0.3 is 15.4 Å². The molecule has 1 atom stereocenters. The number of carbonyl (C=O) groups is 1. The van der Waals surface area contributed by atoms with Crippen molar-refractivity contribution < 1.29 is 9.53 Å². The Morgan fingerprint density at radius 1 is 1.42 bits per heavy atom. The molecular weight excluding hydrogens is 242 g/mol. The summed E-state index contributed by atoms with van der Waals surface area (Å²) in [6.07, 6.45) is 0.289. The maximum Gasteiger partial charge on any atom is 0.244 e. The van der Waals surface area contributed by atoms with Crippen LogP contribution in [0.5, 0.6) is 0 Å². The highest BCUT2D eigenvalue weighted by molar-refractivity contribution is 5.83. The number of nitriles is 1. The zero-order chi connectivity index (χ0) is 14.1. The SMILES string of the molecule is COCCN(CCC#N)C(=O)[C@H](N)c1ccccc1. The summed E-state index contributed by atoms with van der Waals surface area (Å²) >= 11 is 0. The number of benzene rings is 1. The predicted octanol–water partition coefficient (Wildman–Crippen LogP) is 1.08. The van der Waals surface area contributed by atoms with E-state index in [0.29, 0.717) is 19.7 Å². The van der Waals surface area contributed by atoms with Crippen molar-refractivity contribution in [1.82, 2.24) is 4.90 Å². The molecule has 1 aromatic carbocycles. The summed E-state index contributed by atoms with van der Waals surface area (Å²) in [5.41, 5.74) is 6.74. The molecule has 0 aliphatic carbocycles. The van der Waals surface area contributed by atoms with E-state index >= 15 is 0 Å². The third-order valence-corrected chi connectivity index (χ3v) is 2.80. The molecule has 2 N–H and O–H groups in total. The van der Waals surface area contributed by atoms with Crippen molar-refractivity contribution >= 4 is 5.91 Å². The smallest absolute Gasteiger partial charge is 0.244 e. The molecule has 0 bridgehead atoms. The summed E-state index contributed by atoms with van der Waals surface area (Å²) in [6.45, 7) is 1.25. The van der Waals surface area contributed by atoms with Gasteiger partial charge in [0.2, 0.25) is 5.91 Å². The van der Waals surface area contributed by atoms with Gasteiger partial charge in [-0.25, -0.2) is 0 Å². The maximum absolute atomic E-state index is 12.3. The largest absolute Gasteiger partial charge is 0.383 e. The standard InChI is InChI=1S/C14H19N3O2/c1-19-11-10-17(9-5-8-15)14(18)13(16)12-6-3-2-4-7-12/h2-4,6-7,13H,5,9-11,16H2,1H3/t13-/m1/s1. The Morgan fingerprint density at radius 3 is 2.68 bits per heavy atom. The Labute approximate surface area is 113 Å². The third kappa shape index (κ3) is 4.70. The topological polar surface area (TPSA) is 79.3 Å². The molecule has 0 aliphatic heterocycles. The van der Waals surface area contributed by atoms with Gasteiger partial charge in [-0.05, 0) is 5.56 Å². The van der Waals surface area contributed by atoms with E-state index in [9.17, 15) is 4.79 Å². The molecule has 5 nitrogen and oxygen atoms in total. The van der Waals surface area contributed by atoms with Crippen LogP contribution in [0.3, 0.4) is 0 Å². The molecule has 0 aromatic heterocycles. The van der Waals surface area contributed by atoms with Gasteiger partial charge >= 0.3 is 0 Å². The molecule has 0 saturated heterocycles. The minimum absolute atomic E-state index is 0.182. The van der Waals surface area contributed by atoms with Crippen LogP contribution >= 0.6 is 0 Å². The van der Waals surface area contributed by atoms with Crippen LogP contribution in [0.15, 0.2) is 30.3 Å². The average Bonchev–Trinajstić information content (AvgIpc) is 2.47. The van der Waals surface area contributed by atoms with Gasteiger partial charge in [0.15, 0.2) is 0 Å². The predicted molar refractivity (Wildman–Crippen MR) is 72.1 cm³/mol. The van der Waals surface area contributed by atoms with Crippen molar-refractivity contribution in [1.29, 1.82) is 5.26 Å². The van der Waals surface area contributed by atoms with Gasteiger partial charge in [0.1, 0.15) is 6.04 Å². The normalized spacial score (nSPS) is 11.6. The zero-order valence-electron chi connectivity index (χ0n) is 11.1. The number of rotatable bonds is 7. The van der Waals surface area contributed by atoms with Crippen LogP contribution in [0.4, 0.5) is 0 Å². The molecule has 0 radical (unpaired) electrons. The second-order valence-corrected chi connectivity index (χ2v) is 4.11. The molecule has 19 heavy (non-hydrogen) atoms. The Kier molecular flexibility index (Phi) is 6.58. The van der Waals surface area contributed by atoms with E-state index in [1.807, 2.05) is 36.4 Å². The molecule has 0 saturated carbocycles. The van der Waals surface area contributed by atoms with Gasteiger partial charge in [0, 0.05) is 20.2 Å². The third-order valence-electron chi connectivity index (χ3n) is 2.80. The average molecular weight is 261 g/mol. The number of ether oxygens (including phenoxy) is 1. The van der Waals surface area contributed by atoms with E-state index in [1.165, 1.54) is 0 Å². The highest BCUT2D eigenvalue weighted by atomic mass is 16.5. The van der Waals surface area contributed by atoms with Crippen LogP contribution in [-0.2, 0) is 9.53 Å². The Bertz CT molecular complexity index is 428. The van der Waals surface area contributed by atoms with Crippen LogP contribution in [0.25, 0.3) is 0 Å². The van der Waals surface area contributed by atoms with Gasteiger partial charge in [-0.15, -0.1) is 0 Å². The molecule has 0 aliphatic rings. The highest BCUT2D eigenvalue weighted by Gasteiger charge is 2.21. The lowest BCUT2D eigenvalue weighted by molar-refractivity contribution is -0.133. The second-order valence-electron chi connectivity index (χ2n) is 4.11. The van der Waals surface area contributed by atoms with E-state index in [1.54, 1.807) is 12.0 Å². The van der Waals surface area contributed by atoms with Crippen LogP contribution in [0.1, 0.15) is 18.0 Å². The summed E-state index contributed by atoms with van der Waals surface area (Å²) in [6, 6.07) is 10.5. The van der Waals surface area contributed by atoms with Crippen LogP contribution in [-0.4, -0.2) is 37.6 Å². The highest BCUT2D eigenvalue weighted by Crippen LogP contribution is 2.13. The van der Waals surface area contributed by atoms with Gasteiger partial charge in [0.05, 0.1) is 19.1 Å². The number of nitrogens with two attached hydrogens (primary N) is 1. The second kappa shape index (κ2) is 8.25. The van der Waals surface area contributed by atoms with Crippen LogP contribution in [0.2, 0.25) is 0 Å². The Hall–Kier alpha value is -1.90. The van der Waals surface area contributed by atoms with Crippen LogP contribution in [0, 0.1) is 11.3 Å². The lowest BCUT2D eigenvalue weighted by Gasteiger charge is -2.24. The number of carbonyl (C=O) groups excluding carboxylic acids is 1. The molecule has 0 heterocycles. The molecule has 1 rings (SSSR count). The fourth-order valence-electron chi connectivity index (χ4n) is 1.72. The van der Waals surface area contributed by atoms with E-state index in [4.69, 9.17) is 15.7 Å². The number of amides is 1. The first kappa shape index (κ1) is 15.2. The lowest BCUT2D eigenvalue weighted by Crippen LogP contribution is -2.40. The molecule has 5 heteroatoms. The van der Waals surface area contributed by atoms with Crippen molar-refractivity contribution in [3.05, 3.63) is 35.9 Å². The molecular formula is C14H19N3O2. The number of hydrogen-bond acceptors (Lipinski definition) is 4. The fraction of sp³-hybridized carbons (Fsp3) is 0.429. The van der Waals surface area contributed by atoms with E-state index in [0.717, 1.165) is 5.56 Å². The zero-order valence-corrected chi connectivity index (χ0v) is 11.1. The number of nitrogens with zero attached hydrogens (tertiary/aromatic N) is 2. The van der Waals surface area contributed by atoms with Crippen molar-refractivity contribution in [2.45, 2.75) is 12.5 Å². The van der Waals surface area contributed by atoms with Crippen molar-refractivity contribution in [2.75, 3.05) is 26.8 Å². The first-order chi connectivity index (χ1) is 9.20. The summed E-state index contributed by atoms with van der Waals surface area (Å²) in [5.74, 6) is -0.182. The van der Waals surface area contributed by atoms with Crippen molar-refractivity contribution in [3.63, 3.8) is 0 Å². The fourth-order valence-corrected chi connectivity index (χ4v) is 1.72. The Balaban J connectivity index is 2.72. The molecule has 0 unspecified atom stereocenters. The Morgan fingerprint density at radius 2 is 2.11 bits per heavy atom. The lowest BCUT2D eigenvalue weighted by atomic mass is 10.1. The van der Waals surface area contributed by atoms with Gasteiger partial charge in [0.25, 0.3) is 0 Å². The summed E-state index contributed by atoms with van der Waals surface area (Å²) < 4.78 is 4.97. The summed E-state index contributed by atoms with van der Waals surface area (Å²) in [5, 5.41) is 8.63. The van der Waals surface area contributed by atoms with E-state index in [2.05, 4.69) is 0 Å². The molecule has 0 fully saturated rings. The summed E-state index contributed by atoms with van der Waals surface area (Å²) in [7, 11) is 1.57. The van der Waals surface area contributed by atoms with E-state index in [-0.39, 0.29) is 12.3 Å². The minimum Gasteiger partial charge on any atom is -0.383 e. The molecule has 1 aromatic rings. The molecule has 1 amide bonds. The summed E-state index contributed by atoms with van der Waals surface area (Å²) in [4.78, 5) is 13.9. The molecule has 0 spiro atoms. The number of hydrogen-bond donors (Lipinski definition) is 1. The van der Waals surface area contributed by atoms with Gasteiger partial charge in [-0.1, -0.05) is 30.3 Å². The van der Waals surface area contributed by atoms with Gasteiger partial charge in [-0.3, -0.25) is 4.79 Å². The number of methoxy groups -OCH3 is 1. The van der Waals surface area contributed by atoms with Crippen LogP contribution < -0.4 is 5.73 Å². The van der Waals surface area contributed by atoms with Crippen molar-refractivity contribution in [2.24, 2.45) is 5.73 Å². The maximum atomic E-state index is 12.3. The van der Waals surface area contributed by atoms with Crippen molar-refractivity contribution in [3.8, 4) is 6.07 Å². The van der Waals surface area contributed by atoms with E-state index < -0.39 is 6.04 Å². The first-order valence-electron chi connectivity index (χ1n) is 6.16.